The molecule has 1 aromatic heterocycles. The van der Waals surface area contributed by atoms with Crippen molar-refractivity contribution in [2.45, 2.75) is 0 Å². The Morgan fingerprint density at radius 1 is 1.29 bits per heavy atom. The van der Waals surface area contributed by atoms with E-state index in [-0.39, 0.29) is 5.56 Å². The van der Waals surface area contributed by atoms with Crippen LogP contribution in [0.15, 0.2) is 29.2 Å². The third kappa shape index (κ3) is 2.01. The van der Waals surface area contributed by atoms with Crippen LogP contribution in [0.1, 0.15) is 0 Å². The normalized spacial score (nSPS) is 16.4. The predicted molar refractivity (Wildman–Crippen MR) is 65.4 cm³/mol. The highest BCUT2D eigenvalue weighted by Gasteiger charge is 2.11. The number of hydrogen-bond donors (Lipinski definition) is 1. The molecule has 0 spiro atoms. The molecule has 0 amide bonds. The highest BCUT2D eigenvalue weighted by molar-refractivity contribution is 5.78. The molecule has 17 heavy (non-hydrogen) atoms. The summed E-state index contributed by atoms with van der Waals surface area (Å²) in [5.74, 6) is 0. The van der Waals surface area contributed by atoms with Crippen LogP contribution in [0.25, 0.3) is 11.0 Å². The number of hydrogen-bond acceptors (Lipinski definition) is 4. The Bertz CT molecular complexity index is 588. The molecule has 1 aliphatic heterocycles. The van der Waals surface area contributed by atoms with Crippen molar-refractivity contribution in [2.24, 2.45) is 0 Å². The molecule has 5 nitrogen and oxygen atoms in total. The summed E-state index contributed by atoms with van der Waals surface area (Å²) in [4.78, 5) is 20.3. The SMILES string of the molecule is O=c1cnc2cc(N3CCOCC3)ccc2[nH]1. The Hall–Kier alpha value is -1.88. The molecular weight excluding hydrogens is 218 g/mol. The van der Waals surface area contributed by atoms with Gasteiger partial charge in [0, 0.05) is 18.8 Å². The van der Waals surface area contributed by atoms with Crippen LogP contribution in [0, 0.1) is 0 Å². The van der Waals surface area contributed by atoms with Crippen LogP contribution < -0.4 is 10.5 Å². The molecule has 1 saturated heterocycles. The van der Waals surface area contributed by atoms with Gasteiger partial charge in [-0.25, -0.2) is 4.98 Å². The van der Waals surface area contributed by atoms with Crippen LogP contribution in [0.3, 0.4) is 0 Å². The highest BCUT2D eigenvalue weighted by Crippen LogP contribution is 2.19. The standard InChI is InChI=1S/C12H13N3O2/c16-12-8-13-11-7-9(1-2-10(11)14-12)15-3-5-17-6-4-15/h1-2,7-8H,3-6H2,(H,14,16). The van der Waals surface area contributed by atoms with E-state index in [9.17, 15) is 4.79 Å². The van der Waals surface area contributed by atoms with Crippen LogP contribution in [0.2, 0.25) is 0 Å². The van der Waals surface area contributed by atoms with Crippen molar-refractivity contribution in [3.63, 3.8) is 0 Å². The van der Waals surface area contributed by atoms with Crippen molar-refractivity contribution >= 4 is 16.7 Å². The lowest BCUT2D eigenvalue weighted by Gasteiger charge is -2.28. The smallest absolute Gasteiger partial charge is 0.266 e. The van der Waals surface area contributed by atoms with E-state index in [1.54, 1.807) is 0 Å². The number of nitrogens with one attached hydrogen (secondary N) is 1. The van der Waals surface area contributed by atoms with E-state index < -0.39 is 0 Å². The van der Waals surface area contributed by atoms with E-state index in [2.05, 4.69) is 14.9 Å². The Kier molecular flexibility index (Phi) is 2.53. The van der Waals surface area contributed by atoms with Gasteiger partial charge in [0.1, 0.15) is 0 Å². The average Bonchev–Trinajstić information content (AvgIpc) is 2.39. The lowest BCUT2D eigenvalue weighted by molar-refractivity contribution is 0.122. The molecule has 88 valence electrons. The average molecular weight is 231 g/mol. The molecule has 0 atom stereocenters. The fourth-order valence-electron chi connectivity index (χ4n) is 2.04. The van der Waals surface area contributed by atoms with E-state index in [4.69, 9.17) is 4.74 Å². The second kappa shape index (κ2) is 4.18. The topological polar surface area (TPSA) is 58.2 Å². The lowest BCUT2D eigenvalue weighted by Crippen LogP contribution is -2.36. The molecule has 1 aliphatic rings. The molecule has 1 N–H and O–H groups in total. The molecule has 0 bridgehead atoms. The summed E-state index contributed by atoms with van der Waals surface area (Å²) in [5, 5.41) is 0. The zero-order chi connectivity index (χ0) is 11.7. The summed E-state index contributed by atoms with van der Waals surface area (Å²) in [6.45, 7) is 3.32. The molecule has 0 unspecified atom stereocenters. The minimum atomic E-state index is -0.170. The number of fused-ring (bicyclic) bond motifs is 1. The molecule has 0 radical (unpaired) electrons. The summed E-state index contributed by atoms with van der Waals surface area (Å²) in [7, 11) is 0. The van der Waals surface area contributed by atoms with Gasteiger partial charge in [0.25, 0.3) is 5.56 Å². The van der Waals surface area contributed by atoms with Crippen molar-refractivity contribution in [3.05, 3.63) is 34.7 Å². The van der Waals surface area contributed by atoms with Gasteiger partial charge in [-0.2, -0.15) is 0 Å². The fraction of sp³-hybridized carbons (Fsp3) is 0.333. The van der Waals surface area contributed by atoms with E-state index in [1.165, 1.54) is 6.20 Å². The first-order chi connectivity index (χ1) is 8.33. The van der Waals surface area contributed by atoms with Crippen LogP contribution in [0.4, 0.5) is 5.69 Å². The number of nitrogens with zero attached hydrogens (tertiary/aromatic N) is 2. The highest BCUT2D eigenvalue weighted by atomic mass is 16.5. The quantitative estimate of drug-likeness (QED) is 0.787. The zero-order valence-corrected chi connectivity index (χ0v) is 9.35. The minimum Gasteiger partial charge on any atom is -0.378 e. The van der Waals surface area contributed by atoms with Crippen LogP contribution in [-0.4, -0.2) is 36.3 Å². The van der Waals surface area contributed by atoms with Gasteiger partial charge >= 0.3 is 0 Å². The van der Waals surface area contributed by atoms with Gasteiger partial charge in [0.15, 0.2) is 0 Å². The van der Waals surface area contributed by atoms with Crippen LogP contribution in [0.5, 0.6) is 0 Å². The van der Waals surface area contributed by atoms with E-state index in [1.807, 2.05) is 18.2 Å². The van der Waals surface area contributed by atoms with Gasteiger partial charge in [0.2, 0.25) is 0 Å². The Morgan fingerprint density at radius 3 is 2.94 bits per heavy atom. The number of morpholine rings is 1. The second-order valence-electron chi connectivity index (χ2n) is 4.05. The summed E-state index contributed by atoms with van der Waals surface area (Å²) in [6.07, 6.45) is 1.31. The summed E-state index contributed by atoms with van der Waals surface area (Å²) >= 11 is 0. The largest absolute Gasteiger partial charge is 0.378 e. The molecule has 1 aromatic carbocycles. The minimum absolute atomic E-state index is 0.170. The van der Waals surface area contributed by atoms with E-state index >= 15 is 0 Å². The summed E-state index contributed by atoms with van der Waals surface area (Å²) in [5.41, 5.74) is 2.54. The van der Waals surface area contributed by atoms with Crippen molar-refractivity contribution in [2.75, 3.05) is 31.2 Å². The van der Waals surface area contributed by atoms with Gasteiger partial charge in [-0.1, -0.05) is 0 Å². The molecule has 1 fully saturated rings. The van der Waals surface area contributed by atoms with Crippen molar-refractivity contribution in [3.8, 4) is 0 Å². The summed E-state index contributed by atoms with van der Waals surface area (Å²) < 4.78 is 5.32. The molecule has 5 heteroatoms. The predicted octanol–water partition coefficient (Wildman–Crippen LogP) is 0.760. The van der Waals surface area contributed by atoms with Crippen LogP contribution >= 0.6 is 0 Å². The number of aromatic nitrogens is 2. The van der Waals surface area contributed by atoms with E-state index in [0.29, 0.717) is 0 Å². The number of H-pyrrole nitrogens is 1. The first kappa shape index (κ1) is 10.3. The zero-order valence-electron chi connectivity index (χ0n) is 9.35. The first-order valence-corrected chi connectivity index (χ1v) is 5.65. The Morgan fingerprint density at radius 2 is 2.12 bits per heavy atom. The third-order valence-electron chi connectivity index (χ3n) is 2.94. The van der Waals surface area contributed by atoms with Gasteiger partial charge in [-0.3, -0.25) is 4.79 Å². The summed E-state index contributed by atoms with van der Waals surface area (Å²) in [6, 6.07) is 5.90. The number of anilines is 1. The van der Waals surface area contributed by atoms with Crippen molar-refractivity contribution in [1.82, 2.24) is 9.97 Å². The molecule has 2 aromatic rings. The van der Waals surface area contributed by atoms with Gasteiger partial charge in [-0.15, -0.1) is 0 Å². The molecular formula is C12H13N3O2. The second-order valence-corrected chi connectivity index (χ2v) is 4.05. The number of rotatable bonds is 1. The van der Waals surface area contributed by atoms with Crippen molar-refractivity contribution in [1.29, 1.82) is 0 Å². The number of ether oxygens (including phenoxy) is 1. The lowest BCUT2D eigenvalue weighted by atomic mass is 10.2. The number of benzene rings is 1. The van der Waals surface area contributed by atoms with Gasteiger partial charge < -0.3 is 14.6 Å². The monoisotopic (exact) mass is 231 g/mol. The fourth-order valence-corrected chi connectivity index (χ4v) is 2.04. The first-order valence-electron chi connectivity index (χ1n) is 5.65. The molecule has 0 aliphatic carbocycles. The molecule has 2 heterocycles. The maximum absolute atomic E-state index is 11.1. The Labute approximate surface area is 98.0 Å². The van der Waals surface area contributed by atoms with Crippen molar-refractivity contribution < 1.29 is 4.74 Å². The van der Waals surface area contributed by atoms with Gasteiger partial charge in [-0.05, 0) is 18.2 Å². The maximum Gasteiger partial charge on any atom is 0.266 e. The molecule has 3 rings (SSSR count). The van der Waals surface area contributed by atoms with Crippen LogP contribution in [-0.2, 0) is 4.74 Å². The van der Waals surface area contributed by atoms with E-state index in [0.717, 1.165) is 43.0 Å². The maximum atomic E-state index is 11.1. The number of aromatic amines is 1. The van der Waals surface area contributed by atoms with Gasteiger partial charge in [0.05, 0.1) is 30.4 Å². The third-order valence-corrected chi connectivity index (χ3v) is 2.94. The molecule has 0 saturated carbocycles. The Balaban J connectivity index is 2.01.